The normalized spacial score (nSPS) is 11.9. The number of hydrogen-bond donors (Lipinski definition) is 0. The number of halogens is 2. The van der Waals surface area contributed by atoms with Crippen LogP contribution in [0.1, 0.15) is 24.8 Å². The number of nitriles is 1. The van der Waals surface area contributed by atoms with E-state index in [0.29, 0.717) is 6.07 Å². The van der Waals surface area contributed by atoms with Gasteiger partial charge in [-0.15, -0.1) is 0 Å². The molecule has 0 spiro atoms. The predicted molar refractivity (Wildman–Crippen MR) is 50.0 cm³/mol. The van der Waals surface area contributed by atoms with Gasteiger partial charge in [-0.3, -0.25) is 4.79 Å². The number of benzene rings is 1. The Balaban J connectivity index is 3.14. The summed E-state index contributed by atoms with van der Waals surface area (Å²) < 4.78 is 25.8. The number of rotatable bonds is 3. The van der Waals surface area contributed by atoms with Crippen molar-refractivity contribution in [3.63, 3.8) is 0 Å². The molecule has 78 valence electrons. The van der Waals surface area contributed by atoms with Crippen molar-refractivity contribution >= 4 is 5.78 Å². The summed E-state index contributed by atoms with van der Waals surface area (Å²) in [4.78, 5) is 11.3. The lowest BCUT2D eigenvalue weighted by molar-refractivity contribution is -0.119. The van der Waals surface area contributed by atoms with Gasteiger partial charge in [0.1, 0.15) is 17.6 Å². The first kappa shape index (κ1) is 11.3. The molecule has 1 unspecified atom stereocenters. The molecule has 1 aromatic rings. The van der Waals surface area contributed by atoms with Gasteiger partial charge in [-0.05, 0) is 6.07 Å². The van der Waals surface area contributed by atoms with Gasteiger partial charge < -0.3 is 0 Å². The molecule has 4 heteroatoms. The molecule has 1 rings (SSSR count). The Bertz CT molecular complexity index is 423. The highest BCUT2D eigenvalue weighted by Crippen LogP contribution is 2.21. The van der Waals surface area contributed by atoms with Crippen molar-refractivity contribution in [2.24, 2.45) is 0 Å². The first-order valence-corrected chi connectivity index (χ1v) is 4.47. The molecule has 1 atom stereocenters. The fourth-order valence-corrected chi connectivity index (χ4v) is 1.25. The zero-order valence-corrected chi connectivity index (χ0v) is 8.13. The second-order valence-corrected chi connectivity index (χ2v) is 3.05. The van der Waals surface area contributed by atoms with Gasteiger partial charge in [0, 0.05) is 18.1 Å². The summed E-state index contributed by atoms with van der Waals surface area (Å²) in [5.74, 6) is -3.10. The molecule has 0 bridgehead atoms. The molecular formula is C11H9F2NO. The first-order chi connectivity index (χ1) is 7.10. The first-order valence-electron chi connectivity index (χ1n) is 4.47. The van der Waals surface area contributed by atoms with E-state index in [1.165, 1.54) is 0 Å². The fourth-order valence-electron chi connectivity index (χ4n) is 1.25. The van der Waals surface area contributed by atoms with Crippen molar-refractivity contribution in [2.45, 2.75) is 19.3 Å². The number of hydrogen-bond acceptors (Lipinski definition) is 2. The van der Waals surface area contributed by atoms with Crippen molar-refractivity contribution in [2.75, 3.05) is 0 Å². The van der Waals surface area contributed by atoms with Gasteiger partial charge in [0.2, 0.25) is 0 Å². The van der Waals surface area contributed by atoms with Gasteiger partial charge in [0.15, 0.2) is 5.78 Å². The van der Waals surface area contributed by atoms with E-state index in [1.54, 1.807) is 13.0 Å². The van der Waals surface area contributed by atoms with Gasteiger partial charge >= 0.3 is 0 Å². The molecule has 0 saturated carbocycles. The van der Waals surface area contributed by atoms with Gasteiger partial charge in [-0.2, -0.15) is 5.26 Å². The zero-order chi connectivity index (χ0) is 11.4. The zero-order valence-electron chi connectivity index (χ0n) is 8.13. The molecule has 0 aromatic heterocycles. The van der Waals surface area contributed by atoms with Crippen LogP contribution in [-0.4, -0.2) is 5.78 Å². The maximum atomic E-state index is 13.2. The number of carbonyl (C=O) groups excluding carboxylic acids is 1. The quantitative estimate of drug-likeness (QED) is 0.767. The van der Waals surface area contributed by atoms with E-state index in [9.17, 15) is 13.6 Å². The van der Waals surface area contributed by atoms with Crippen LogP contribution < -0.4 is 0 Å². The Morgan fingerprint density at radius 3 is 2.67 bits per heavy atom. The summed E-state index contributed by atoms with van der Waals surface area (Å²) in [6.45, 7) is 1.59. The smallest absolute Gasteiger partial charge is 0.154 e. The largest absolute Gasteiger partial charge is 0.298 e. The van der Waals surface area contributed by atoms with Crippen molar-refractivity contribution in [1.29, 1.82) is 5.26 Å². The Labute approximate surface area is 86.1 Å². The summed E-state index contributed by atoms with van der Waals surface area (Å²) in [6, 6.07) is 4.55. The minimum absolute atomic E-state index is 0.0641. The molecule has 1 aromatic carbocycles. The van der Waals surface area contributed by atoms with E-state index >= 15 is 0 Å². The summed E-state index contributed by atoms with van der Waals surface area (Å²) in [7, 11) is 0. The van der Waals surface area contributed by atoms with Crippen LogP contribution in [0.2, 0.25) is 0 Å². The van der Waals surface area contributed by atoms with E-state index in [1.807, 2.05) is 0 Å². The van der Waals surface area contributed by atoms with E-state index < -0.39 is 17.6 Å². The maximum absolute atomic E-state index is 13.2. The van der Waals surface area contributed by atoms with Crippen LogP contribution in [0.25, 0.3) is 0 Å². The maximum Gasteiger partial charge on any atom is 0.154 e. The fraction of sp³-hybridized carbons (Fsp3) is 0.273. The highest BCUT2D eigenvalue weighted by atomic mass is 19.1. The summed E-state index contributed by atoms with van der Waals surface area (Å²) >= 11 is 0. The van der Waals surface area contributed by atoms with E-state index in [2.05, 4.69) is 0 Å². The molecular weight excluding hydrogens is 200 g/mol. The molecule has 0 fully saturated rings. The van der Waals surface area contributed by atoms with Crippen LogP contribution in [-0.2, 0) is 4.79 Å². The molecule has 0 heterocycles. The Hall–Kier alpha value is -1.76. The lowest BCUT2D eigenvalue weighted by Crippen LogP contribution is -2.11. The average molecular weight is 209 g/mol. The van der Waals surface area contributed by atoms with Gasteiger partial charge in [0.05, 0.1) is 6.07 Å². The molecule has 0 N–H and O–H groups in total. The van der Waals surface area contributed by atoms with E-state index in [-0.39, 0.29) is 17.8 Å². The van der Waals surface area contributed by atoms with Crippen molar-refractivity contribution in [3.8, 4) is 6.07 Å². The number of nitrogens with zero attached hydrogens (tertiary/aromatic N) is 1. The second-order valence-electron chi connectivity index (χ2n) is 3.05. The average Bonchev–Trinajstić information content (AvgIpc) is 2.21. The van der Waals surface area contributed by atoms with Crippen molar-refractivity contribution < 1.29 is 13.6 Å². The van der Waals surface area contributed by atoms with Crippen LogP contribution >= 0.6 is 0 Å². The molecule has 0 amide bonds. The van der Waals surface area contributed by atoms with Crippen LogP contribution in [0.4, 0.5) is 8.78 Å². The lowest BCUT2D eigenvalue weighted by Gasteiger charge is -2.07. The third-order valence-electron chi connectivity index (χ3n) is 2.07. The van der Waals surface area contributed by atoms with Crippen molar-refractivity contribution in [1.82, 2.24) is 0 Å². The highest BCUT2D eigenvalue weighted by molar-refractivity contribution is 5.88. The van der Waals surface area contributed by atoms with E-state index in [0.717, 1.165) is 12.1 Å². The van der Waals surface area contributed by atoms with Gasteiger partial charge in [-0.25, -0.2) is 8.78 Å². The predicted octanol–water partition coefficient (Wildman–Crippen LogP) is 2.55. The standard InChI is InChI=1S/C11H9F2NO/c1-2-11(15)9(6-14)8-4-3-7(12)5-10(8)13/h3-5,9H,2H2,1H3. The van der Waals surface area contributed by atoms with Crippen LogP contribution in [0.5, 0.6) is 0 Å². The molecule has 0 aliphatic carbocycles. The monoisotopic (exact) mass is 209 g/mol. The van der Waals surface area contributed by atoms with Crippen molar-refractivity contribution in [3.05, 3.63) is 35.4 Å². The van der Waals surface area contributed by atoms with Gasteiger partial charge in [-0.1, -0.05) is 13.0 Å². The number of carbonyl (C=O) groups is 1. The van der Waals surface area contributed by atoms with Crippen LogP contribution in [0.3, 0.4) is 0 Å². The molecule has 0 aliphatic rings. The second kappa shape index (κ2) is 4.65. The van der Waals surface area contributed by atoms with Crippen LogP contribution in [0.15, 0.2) is 18.2 Å². The minimum Gasteiger partial charge on any atom is -0.298 e. The molecule has 15 heavy (non-hydrogen) atoms. The number of Topliss-reactive ketones (excluding diaryl/α,β-unsaturated/α-hetero) is 1. The summed E-state index contributed by atoms with van der Waals surface area (Å²) in [5.41, 5.74) is -0.0641. The lowest BCUT2D eigenvalue weighted by atomic mass is 9.94. The van der Waals surface area contributed by atoms with Crippen LogP contribution in [0, 0.1) is 23.0 Å². The topological polar surface area (TPSA) is 40.9 Å². The highest BCUT2D eigenvalue weighted by Gasteiger charge is 2.21. The third kappa shape index (κ3) is 2.38. The molecule has 0 aliphatic heterocycles. The van der Waals surface area contributed by atoms with E-state index in [4.69, 9.17) is 5.26 Å². The summed E-state index contributed by atoms with van der Waals surface area (Å²) in [6.07, 6.45) is 0.148. The van der Waals surface area contributed by atoms with Gasteiger partial charge in [0.25, 0.3) is 0 Å². The Morgan fingerprint density at radius 1 is 1.53 bits per heavy atom. The molecule has 0 radical (unpaired) electrons. The third-order valence-corrected chi connectivity index (χ3v) is 2.07. The molecule has 0 saturated heterocycles. The SMILES string of the molecule is CCC(=O)C(C#N)c1ccc(F)cc1F. The molecule has 2 nitrogen and oxygen atoms in total. The summed E-state index contributed by atoms with van der Waals surface area (Å²) in [5, 5.41) is 8.74. The Morgan fingerprint density at radius 2 is 2.20 bits per heavy atom. The Kier molecular flexibility index (Phi) is 3.51. The minimum atomic E-state index is -1.14. The number of ketones is 1.